The number of methoxy groups -OCH3 is 1. The first-order valence-electron chi connectivity index (χ1n) is 11.7. The van der Waals surface area contributed by atoms with Crippen molar-refractivity contribution in [2.45, 2.75) is 32.9 Å². The Hall–Kier alpha value is -4.18. The Labute approximate surface area is 219 Å². The molecule has 11 heteroatoms. The number of amides is 2. The van der Waals surface area contributed by atoms with Gasteiger partial charge in [-0.1, -0.05) is 30.7 Å². The highest BCUT2D eigenvalue weighted by Crippen LogP contribution is 2.30. The van der Waals surface area contributed by atoms with Gasteiger partial charge in [-0.25, -0.2) is 4.79 Å². The van der Waals surface area contributed by atoms with Crippen molar-refractivity contribution in [1.82, 2.24) is 15.2 Å². The molecule has 1 aliphatic rings. The molecule has 0 spiro atoms. The normalized spacial score (nSPS) is 15.0. The molecule has 1 aromatic heterocycles. The third-order valence-corrected chi connectivity index (χ3v) is 5.73. The molecule has 10 nitrogen and oxygen atoms in total. The number of rotatable bonds is 9. The van der Waals surface area contributed by atoms with Gasteiger partial charge in [0.25, 0.3) is 5.91 Å². The van der Waals surface area contributed by atoms with Gasteiger partial charge in [0.2, 0.25) is 0 Å². The summed E-state index contributed by atoms with van der Waals surface area (Å²) in [5.74, 6) is 0.784. The van der Waals surface area contributed by atoms with Gasteiger partial charge in [-0.2, -0.15) is 10.1 Å². The van der Waals surface area contributed by atoms with Crippen molar-refractivity contribution in [1.29, 1.82) is 0 Å². The molecule has 2 amide bonds. The second kappa shape index (κ2) is 11.7. The molecule has 2 aromatic carbocycles. The molecular formula is C26H26ClN5O5. The van der Waals surface area contributed by atoms with Crippen LogP contribution in [0.3, 0.4) is 0 Å². The fraction of sp³-hybridized carbons (Fsp3) is 0.269. The summed E-state index contributed by atoms with van der Waals surface area (Å²) in [6.45, 7) is 4.52. The van der Waals surface area contributed by atoms with E-state index in [9.17, 15) is 9.59 Å². The van der Waals surface area contributed by atoms with E-state index >= 15 is 0 Å². The predicted molar refractivity (Wildman–Crippen MR) is 138 cm³/mol. The van der Waals surface area contributed by atoms with Gasteiger partial charge in [0.1, 0.15) is 11.8 Å². The van der Waals surface area contributed by atoms with E-state index in [1.54, 1.807) is 31.4 Å². The lowest BCUT2D eigenvalue weighted by molar-refractivity contribution is 0.0712. The molecule has 2 heterocycles. The van der Waals surface area contributed by atoms with Crippen LogP contribution in [0.5, 0.6) is 11.5 Å². The fourth-order valence-electron chi connectivity index (χ4n) is 3.69. The summed E-state index contributed by atoms with van der Waals surface area (Å²) in [5, 5.41) is 16.3. The molecule has 0 fully saturated rings. The van der Waals surface area contributed by atoms with Gasteiger partial charge in [0, 0.05) is 11.3 Å². The van der Waals surface area contributed by atoms with Crippen molar-refractivity contribution in [3.63, 3.8) is 0 Å². The van der Waals surface area contributed by atoms with Crippen molar-refractivity contribution in [3.8, 4) is 11.5 Å². The van der Waals surface area contributed by atoms with Crippen molar-refractivity contribution < 1.29 is 23.8 Å². The van der Waals surface area contributed by atoms with Crippen molar-refractivity contribution in [2.24, 2.45) is 5.10 Å². The molecule has 37 heavy (non-hydrogen) atoms. The van der Waals surface area contributed by atoms with E-state index in [-0.39, 0.29) is 17.4 Å². The van der Waals surface area contributed by atoms with Crippen LogP contribution >= 0.6 is 11.6 Å². The van der Waals surface area contributed by atoms with E-state index in [2.05, 4.69) is 20.6 Å². The molecule has 1 aliphatic heterocycles. The van der Waals surface area contributed by atoms with Crippen LogP contribution < -0.4 is 14.8 Å². The van der Waals surface area contributed by atoms with Gasteiger partial charge in [0.05, 0.1) is 20.3 Å². The highest BCUT2D eigenvalue weighted by Gasteiger charge is 2.31. The van der Waals surface area contributed by atoms with Crippen LogP contribution in [0.1, 0.15) is 41.9 Å². The maximum atomic E-state index is 12.7. The fourth-order valence-corrected chi connectivity index (χ4v) is 3.79. The first-order chi connectivity index (χ1) is 17.9. The van der Waals surface area contributed by atoms with Crippen LogP contribution in [0.25, 0.3) is 0 Å². The summed E-state index contributed by atoms with van der Waals surface area (Å²) in [6.07, 6.45) is -0.451. The molecule has 3 aromatic rings. The monoisotopic (exact) mass is 523 g/mol. The van der Waals surface area contributed by atoms with Crippen LogP contribution in [0.4, 0.5) is 10.5 Å². The van der Waals surface area contributed by atoms with E-state index in [4.69, 9.17) is 25.8 Å². The Bertz CT molecular complexity index is 1300. The van der Waals surface area contributed by atoms with Gasteiger partial charge in [-0.05, 0) is 61.4 Å². The zero-order valence-electron chi connectivity index (χ0n) is 20.6. The SMILES string of the molecule is CCOc1ccc(C2=NN(Cc3ccc(NC(=O)c4ccc(Cl)nn4)cc3)C(=O)OC2CC)cc1OC. The van der Waals surface area contributed by atoms with Gasteiger partial charge < -0.3 is 19.5 Å². The lowest BCUT2D eigenvalue weighted by Crippen LogP contribution is -2.41. The summed E-state index contributed by atoms with van der Waals surface area (Å²) in [4.78, 5) is 25.0. The molecule has 0 aliphatic carbocycles. The zero-order valence-corrected chi connectivity index (χ0v) is 21.4. The zero-order chi connectivity index (χ0) is 26.4. The molecule has 1 unspecified atom stereocenters. The van der Waals surface area contributed by atoms with Crippen LogP contribution in [-0.2, 0) is 11.3 Å². The maximum Gasteiger partial charge on any atom is 0.431 e. The minimum Gasteiger partial charge on any atom is -0.493 e. The second-order valence-corrected chi connectivity index (χ2v) is 8.40. The number of aromatic nitrogens is 2. The number of halogens is 1. The van der Waals surface area contributed by atoms with Gasteiger partial charge >= 0.3 is 6.09 Å². The summed E-state index contributed by atoms with van der Waals surface area (Å²) >= 11 is 5.71. The number of hydrazone groups is 1. The maximum absolute atomic E-state index is 12.7. The second-order valence-electron chi connectivity index (χ2n) is 8.01. The Kier molecular flexibility index (Phi) is 8.19. The minimum absolute atomic E-state index is 0.141. The Morgan fingerprint density at radius 1 is 1.08 bits per heavy atom. The Morgan fingerprint density at radius 3 is 2.51 bits per heavy atom. The van der Waals surface area contributed by atoms with E-state index < -0.39 is 18.1 Å². The number of carbonyl (C=O) groups excluding carboxylic acids is 2. The number of anilines is 1. The molecule has 0 radical (unpaired) electrons. The highest BCUT2D eigenvalue weighted by atomic mass is 35.5. The largest absolute Gasteiger partial charge is 0.493 e. The quantitative estimate of drug-likeness (QED) is 0.423. The first kappa shape index (κ1) is 25.9. The standard InChI is InChI=1S/C26H26ClN5O5/c1-4-20-24(17-8-12-21(36-5-2)22(14-17)35-3)31-32(26(34)37-20)15-16-6-9-18(10-7-16)28-25(33)19-11-13-23(27)30-29-19/h6-14,20H,4-5,15H2,1-3H3,(H,28,33). The predicted octanol–water partition coefficient (Wildman–Crippen LogP) is 4.92. The van der Waals surface area contributed by atoms with E-state index in [1.807, 2.05) is 32.0 Å². The number of hydrogen-bond donors (Lipinski definition) is 1. The van der Waals surface area contributed by atoms with Gasteiger partial charge in [0.15, 0.2) is 22.3 Å². The minimum atomic E-state index is -0.535. The van der Waals surface area contributed by atoms with E-state index in [0.29, 0.717) is 35.9 Å². The van der Waals surface area contributed by atoms with Crippen LogP contribution in [0.15, 0.2) is 59.7 Å². The smallest absolute Gasteiger partial charge is 0.431 e. The number of ether oxygens (including phenoxy) is 3. The van der Waals surface area contributed by atoms with Crippen molar-refractivity contribution >= 4 is 35.0 Å². The summed E-state index contributed by atoms with van der Waals surface area (Å²) in [5.41, 5.74) is 2.89. The number of hydrogen-bond acceptors (Lipinski definition) is 8. The van der Waals surface area contributed by atoms with Crippen molar-refractivity contribution in [3.05, 3.63) is 76.6 Å². The number of cyclic esters (lactones) is 1. The summed E-state index contributed by atoms with van der Waals surface area (Å²) in [6, 6.07) is 15.5. The molecule has 192 valence electrons. The van der Waals surface area contributed by atoms with Crippen LogP contribution in [0.2, 0.25) is 5.15 Å². The molecule has 1 atom stereocenters. The molecule has 1 N–H and O–H groups in total. The summed E-state index contributed by atoms with van der Waals surface area (Å²) in [7, 11) is 1.57. The molecular weight excluding hydrogens is 498 g/mol. The average molecular weight is 524 g/mol. The highest BCUT2D eigenvalue weighted by molar-refractivity contribution is 6.29. The first-order valence-corrected chi connectivity index (χ1v) is 12.1. The number of carbonyl (C=O) groups is 2. The molecule has 0 saturated heterocycles. The Balaban J connectivity index is 1.51. The van der Waals surface area contributed by atoms with Crippen molar-refractivity contribution in [2.75, 3.05) is 19.0 Å². The van der Waals surface area contributed by atoms with E-state index in [0.717, 1.165) is 11.1 Å². The van der Waals surface area contributed by atoms with Gasteiger partial charge in [-0.3, -0.25) is 4.79 Å². The van der Waals surface area contributed by atoms with Crippen LogP contribution in [-0.4, -0.2) is 52.7 Å². The Morgan fingerprint density at radius 2 is 1.86 bits per heavy atom. The molecule has 4 rings (SSSR count). The van der Waals surface area contributed by atoms with E-state index in [1.165, 1.54) is 17.1 Å². The van der Waals surface area contributed by atoms with Crippen LogP contribution in [0, 0.1) is 0 Å². The molecule has 0 saturated carbocycles. The molecule has 0 bridgehead atoms. The lowest BCUT2D eigenvalue weighted by Gasteiger charge is -2.29. The topological polar surface area (TPSA) is 115 Å². The summed E-state index contributed by atoms with van der Waals surface area (Å²) < 4.78 is 16.8. The number of nitrogens with one attached hydrogen (secondary N) is 1. The lowest BCUT2D eigenvalue weighted by atomic mass is 10.0. The third kappa shape index (κ3) is 6.15. The number of nitrogens with zero attached hydrogens (tertiary/aromatic N) is 4. The average Bonchev–Trinajstić information content (AvgIpc) is 2.91. The number of benzene rings is 2. The van der Waals surface area contributed by atoms with Gasteiger partial charge in [-0.15, -0.1) is 10.2 Å². The third-order valence-electron chi connectivity index (χ3n) is 5.53.